The summed E-state index contributed by atoms with van der Waals surface area (Å²) in [6.07, 6.45) is 0.976. The minimum absolute atomic E-state index is 0.349. The van der Waals surface area contributed by atoms with Crippen LogP contribution in [0.1, 0.15) is 25.1 Å². The molecule has 2 heterocycles. The van der Waals surface area contributed by atoms with Gasteiger partial charge in [0.1, 0.15) is 4.60 Å². The molecule has 0 spiro atoms. The molecule has 1 aliphatic heterocycles. The first kappa shape index (κ1) is 13.7. The Morgan fingerprint density at radius 1 is 1.50 bits per heavy atom. The van der Waals surface area contributed by atoms with Crippen LogP contribution in [0.25, 0.3) is 0 Å². The van der Waals surface area contributed by atoms with Crippen LogP contribution in [0.3, 0.4) is 0 Å². The van der Waals surface area contributed by atoms with Gasteiger partial charge in [-0.3, -0.25) is 4.90 Å². The molecule has 0 bridgehead atoms. The number of nitrogens with zero attached hydrogens (tertiary/aromatic N) is 2. The minimum Gasteiger partial charge on any atom is -0.314 e. The Morgan fingerprint density at radius 3 is 2.83 bits per heavy atom. The van der Waals surface area contributed by atoms with E-state index in [1.54, 1.807) is 0 Å². The normalized spacial score (nSPS) is 18.6. The maximum Gasteiger partial charge on any atom is 0.106 e. The molecule has 1 saturated heterocycles. The molecule has 18 heavy (non-hydrogen) atoms. The van der Waals surface area contributed by atoms with Gasteiger partial charge in [-0.1, -0.05) is 11.6 Å². The molecule has 0 amide bonds. The zero-order valence-electron chi connectivity index (χ0n) is 10.8. The quantitative estimate of drug-likeness (QED) is 0.685. The Balaban J connectivity index is 2.20. The molecular formula is C14H20BrN3. The van der Waals surface area contributed by atoms with Gasteiger partial charge in [0.15, 0.2) is 0 Å². The second kappa shape index (κ2) is 6.45. The summed E-state index contributed by atoms with van der Waals surface area (Å²) >= 11 is 3.46. The third-order valence-corrected chi connectivity index (χ3v) is 3.65. The van der Waals surface area contributed by atoms with E-state index in [1.165, 1.54) is 5.57 Å². The molecule has 0 aliphatic carbocycles. The average Bonchev–Trinajstić information content (AvgIpc) is 2.37. The van der Waals surface area contributed by atoms with E-state index in [9.17, 15) is 0 Å². The Labute approximate surface area is 117 Å². The van der Waals surface area contributed by atoms with Crippen LogP contribution in [0.5, 0.6) is 0 Å². The van der Waals surface area contributed by atoms with Crippen molar-refractivity contribution in [3.63, 3.8) is 0 Å². The topological polar surface area (TPSA) is 28.2 Å². The highest BCUT2D eigenvalue weighted by molar-refractivity contribution is 9.10. The molecule has 3 nitrogen and oxygen atoms in total. The standard InChI is InChI=1S/C14H20BrN3/c1-11(2)10-13(18-8-6-16-7-9-18)12-4-3-5-14(15)17-12/h3-5,13,16H,1,6-10H2,2H3/t13-/m1/s1. The molecule has 0 aromatic carbocycles. The number of piperazine rings is 1. The fourth-order valence-electron chi connectivity index (χ4n) is 2.35. The van der Waals surface area contributed by atoms with Gasteiger partial charge in [-0.05, 0) is 41.4 Å². The SMILES string of the molecule is C=C(C)C[C@H](c1cccc(Br)n1)N1CCNCC1. The van der Waals surface area contributed by atoms with Gasteiger partial charge in [0.2, 0.25) is 0 Å². The van der Waals surface area contributed by atoms with Crippen molar-refractivity contribution in [3.05, 3.63) is 40.6 Å². The number of rotatable bonds is 4. The molecular weight excluding hydrogens is 290 g/mol. The van der Waals surface area contributed by atoms with Crippen molar-refractivity contribution in [2.24, 2.45) is 0 Å². The molecule has 1 aromatic rings. The second-order valence-electron chi connectivity index (χ2n) is 4.85. The third-order valence-electron chi connectivity index (χ3n) is 3.21. The van der Waals surface area contributed by atoms with Crippen LogP contribution in [0.4, 0.5) is 0 Å². The lowest BCUT2D eigenvalue weighted by Gasteiger charge is -2.34. The highest BCUT2D eigenvalue weighted by Crippen LogP contribution is 2.26. The summed E-state index contributed by atoms with van der Waals surface area (Å²) in [5.74, 6) is 0. The van der Waals surface area contributed by atoms with Gasteiger partial charge >= 0.3 is 0 Å². The van der Waals surface area contributed by atoms with Gasteiger partial charge in [-0.2, -0.15) is 0 Å². The molecule has 0 unspecified atom stereocenters. The van der Waals surface area contributed by atoms with Crippen molar-refractivity contribution in [2.75, 3.05) is 26.2 Å². The number of hydrogen-bond acceptors (Lipinski definition) is 3. The molecule has 1 fully saturated rings. The van der Waals surface area contributed by atoms with Gasteiger partial charge in [0, 0.05) is 26.2 Å². The second-order valence-corrected chi connectivity index (χ2v) is 5.66. The highest BCUT2D eigenvalue weighted by atomic mass is 79.9. The molecule has 0 saturated carbocycles. The lowest BCUT2D eigenvalue weighted by atomic mass is 10.0. The van der Waals surface area contributed by atoms with E-state index in [2.05, 4.69) is 56.8 Å². The van der Waals surface area contributed by atoms with E-state index in [4.69, 9.17) is 0 Å². The van der Waals surface area contributed by atoms with Crippen LogP contribution in [-0.2, 0) is 0 Å². The predicted molar refractivity (Wildman–Crippen MR) is 78.6 cm³/mol. The van der Waals surface area contributed by atoms with Crippen molar-refractivity contribution >= 4 is 15.9 Å². The summed E-state index contributed by atoms with van der Waals surface area (Å²) in [4.78, 5) is 7.12. The molecule has 1 aromatic heterocycles. The summed E-state index contributed by atoms with van der Waals surface area (Å²) in [6, 6.07) is 6.49. The highest BCUT2D eigenvalue weighted by Gasteiger charge is 2.23. The average molecular weight is 310 g/mol. The Hall–Kier alpha value is -0.710. The zero-order valence-corrected chi connectivity index (χ0v) is 12.4. The fourth-order valence-corrected chi connectivity index (χ4v) is 2.71. The first-order valence-electron chi connectivity index (χ1n) is 6.38. The third kappa shape index (κ3) is 3.64. The Morgan fingerprint density at radius 2 is 2.22 bits per heavy atom. The van der Waals surface area contributed by atoms with Crippen molar-refractivity contribution in [1.29, 1.82) is 0 Å². The van der Waals surface area contributed by atoms with Crippen molar-refractivity contribution < 1.29 is 0 Å². The summed E-state index contributed by atoms with van der Waals surface area (Å²) < 4.78 is 0.904. The number of halogens is 1. The van der Waals surface area contributed by atoms with Crippen molar-refractivity contribution in [2.45, 2.75) is 19.4 Å². The predicted octanol–water partition coefficient (Wildman–Crippen LogP) is 2.76. The monoisotopic (exact) mass is 309 g/mol. The fraction of sp³-hybridized carbons (Fsp3) is 0.500. The lowest BCUT2D eigenvalue weighted by molar-refractivity contribution is 0.169. The molecule has 0 radical (unpaired) electrons. The van der Waals surface area contributed by atoms with Gasteiger partial charge in [0.25, 0.3) is 0 Å². The van der Waals surface area contributed by atoms with E-state index >= 15 is 0 Å². The lowest BCUT2D eigenvalue weighted by Crippen LogP contribution is -2.45. The van der Waals surface area contributed by atoms with Gasteiger partial charge in [0.05, 0.1) is 11.7 Å². The molecule has 1 atom stereocenters. The van der Waals surface area contributed by atoms with Gasteiger partial charge in [-0.25, -0.2) is 4.98 Å². The number of hydrogen-bond donors (Lipinski definition) is 1. The maximum atomic E-state index is 4.62. The summed E-state index contributed by atoms with van der Waals surface area (Å²) in [7, 11) is 0. The van der Waals surface area contributed by atoms with E-state index in [1.807, 2.05) is 6.07 Å². The number of aromatic nitrogens is 1. The largest absolute Gasteiger partial charge is 0.314 e. The first-order chi connectivity index (χ1) is 8.66. The molecule has 4 heteroatoms. The first-order valence-corrected chi connectivity index (χ1v) is 7.18. The molecule has 1 N–H and O–H groups in total. The molecule has 98 valence electrons. The summed E-state index contributed by atoms with van der Waals surface area (Å²) in [5.41, 5.74) is 2.34. The van der Waals surface area contributed by atoms with E-state index in [0.717, 1.165) is 42.9 Å². The molecule has 1 aliphatic rings. The van der Waals surface area contributed by atoms with Gasteiger partial charge < -0.3 is 5.32 Å². The van der Waals surface area contributed by atoms with Crippen LogP contribution in [0.15, 0.2) is 35.0 Å². The number of nitrogens with one attached hydrogen (secondary N) is 1. The van der Waals surface area contributed by atoms with Gasteiger partial charge in [-0.15, -0.1) is 6.58 Å². The minimum atomic E-state index is 0.349. The van der Waals surface area contributed by atoms with Crippen LogP contribution in [0, 0.1) is 0 Å². The van der Waals surface area contributed by atoms with E-state index in [-0.39, 0.29) is 0 Å². The zero-order chi connectivity index (χ0) is 13.0. The smallest absolute Gasteiger partial charge is 0.106 e. The van der Waals surface area contributed by atoms with Crippen LogP contribution < -0.4 is 5.32 Å². The van der Waals surface area contributed by atoms with Crippen LogP contribution in [-0.4, -0.2) is 36.1 Å². The Bertz CT molecular complexity index is 413. The maximum absolute atomic E-state index is 4.62. The van der Waals surface area contributed by atoms with E-state index < -0.39 is 0 Å². The van der Waals surface area contributed by atoms with Crippen molar-refractivity contribution in [1.82, 2.24) is 15.2 Å². The van der Waals surface area contributed by atoms with Crippen LogP contribution >= 0.6 is 15.9 Å². The van der Waals surface area contributed by atoms with E-state index in [0.29, 0.717) is 6.04 Å². The summed E-state index contributed by atoms with van der Waals surface area (Å²) in [5, 5.41) is 3.39. The number of pyridine rings is 1. The van der Waals surface area contributed by atoms with Crippen LogP contribution in [0.2, 0.25) is 0 Å². The van der Waals surface area contributed by atoms with Crippen molar-refractivity contribution in [3.8, 4) is 0 Å². The molecule has 2 rings (SSSR count). The summed E-state index contributed by atoms with van der Waals surface area (Å²) in [6.45, 7) is 10.4. The Kier molecular flexibility index (Phi) is 4.92.